The number of ether oxygens (including phenoxy) is 1. The van der Waals surface area contributed by atoms with E-state index < -0.39 is 0 Å². The summed E-state index contributed by atoms with van der Waals surface area (Å²) < 4.78 is 6.82. The molecule has 0 radical (unpaired) electrons. The molecule has 0 amide bonds. The van der Waals surface area contributed by atoms with E-state index in [2.05, 4.69) is 40.3 Å². The second kappa shape index (κ2) is 7.20. The fourth-order valence-electron chi connectivity index (χ4n) is 3.48. The molecule has 0 aliphatic carbocycles. The van der Waals surface area contributed by atoms with Crippen LogP contribution in [0.25, 0.3) is 33.5 Å². The van der Waals surface area contributed by atoms with Crippen LogP contribution < -0.4 is 15.6 Å². The Bertz CT molecular complexity index is 1450. The molecule has 0 saturated carbocycles. The first kappa shape index (κ1) is 18.7. The van der Waals surface area contributed by atoms with Gasteiger partial charge in [-0.05, 0) is 13.0 Å². The first-order valence-electron chi connectivity index (χ1n) is 9.56. The molecule has 0 aliphatic rings. The monoisotopic (exact) mass is 417 g/mol. The van der Waals surface area contributed by atoms with Gasteiger partial charge in [-0.3, -0.25) is 9.48 Å². The molecule has 11 heteroatoms. The summed E-state index contributed by atoms with van der Waals surface area (Å²) in [5, 5.41) is 7.91. The Morgan fingerprint density at radius 2 is 1.97 bits per heavy atom. The Hall–Kier alpha value is -4.28. The Morgan fingerprint density at radius 3 is 2.74 bits per heavy atom. The number of aromatic nitrogens is 8. The van der Waals surface area contributed by atoms with Gasteiger partial charge in [-0.2, -0.15) is 5.10 Å². The quantitative estimate of drug-likeness (QED) is 0.395. The van der Waals surface area contributed by atoms with Crippen LogP contribution in [0.15, 0.2) is 41.7 Å². The van der Waals surface area contributed by atoms with Gasteiger partial charge >= 0.3 is 0 Å². The molecule has 0 bridgehead atoms. The smallest absolute Gasteiger partial charge is 0.261 e. The summed E-state index contributed by atoms with van der Waals surface area (Å²) >= 11 is 0. The number of anilines is 1. The van der Waals surface area contributed by atoms with E-state index in [0.29, 0.717) is 50.8 Å². The number of nitrogens with one attached hydrogen (secondary N) is 3. The lowest BCUT2D eigenvalue weighted by atomic mass is 10.1. The summed E-state index contributed by atoms with van der Waals surface area (Å²) in [6.45, 7) is 1.92. The predicted octanol–water partition coefficient (Wildman–Crippen LogP) is 2.17. The standard InChI is InChI=1S/C20H19N9O2/c1-10(18-21-5-4-6-22-18)24-17-15(20(30)27-13-9-29(2)28-16(13)17)19-25-11-7-14(31-3)23-8-12(11)26-19/h4-10,24H,1-3H3,(H,25,26)(H,27,30)/t10-/m0/s1. The van der Waals surface area contributed by atoms with Crippen LogP contribution in [0.4, 0.5) is 5.69 Å². The van der Waals surface area contributed by atoms with Crippen molar-refractivity contribution in [2.45, 2.75) is 13.0 Å². The van der Waals surface area contributed by atoms with Crippen LogP contribution in [0.3, 0.4) is 0 Å². The molecular weight excluding hydrogens is 398 g/mol. The number of aromatic amines is 2. The number of nitrogens with zero attached hydrogens (tertiary/aromatic N) is 6. The zero-order valence-corrected chi connectivity index (χ0v) is 17.0. The highest BCUT2D eigenvalue weighted by Gasteiger charge is 2.22. The number of H-pyrrole nitrogens is 2. The Morgan fingerprint density at radius 1 is 1.16 bits per heavy atom. The van der Waals surface area contributed by atoms with Crippen molar-refractivity contribution in [3.8, 4) is 17.3 Å². The molecule has 5 aromatic heterocycles. The molecule has 3 N–H and O–H groups in total. The summed E-state index contributed by atoms with van der Waals surface area (Å²) in [7, 11) is 3.33. The van der Waals surface area contributed by atoms with Gasteiger partial charge in [0, 0.05) is 31.7 Å². The highest BCUT2D eigenvalue weighted by atomic mass is 16.5. The van der Waals surface area contributed by atoms with Gasteiger partial charge in [-0.15, -0.1) is 0 Å². The molecular formula is C20H19N9O2. The van der Waals surface area contributed by atoms with Crippen LogP contribution in [-0.4, -0.2) is 46.8 Å². The van der Waals surface area contributed by atoms with E-state index in [1.54, 1.807) is 48.6 Å². The summed E-state index contributed by atoms with van der Waals surface area (Å²) in [5.41, 5.74) is 3.11. The maximum absolute atomic E-state index is 13.1. The first-order valence-corrected chi connectivity index (χ1v) is 9.56. The normalized spacial score (nSPS) is 12.4. The van der Waals surface area contributed by atoms with Crippen molar-refractivity contribution < 1.29 is 4.74 Å². The lowest BCUT2D eigenvalue weighted by Gasteiger charge is -2.16. The summed E-state index contributed by atoms with van der Waals surface area (Å²) in [5.74, 6) is 1.42. The zero-order valence-electron chi connectivity index (χ0n) is 17.0. The second-order valence-corrected chi connectivity index (χ2v) is 7.07. The fourth-order valence-corrected chi connectivity index (χ4v) is 3.48. The molecule has 0 spiro atoms. The average Bonchev–Trinajstić information content (AvgIpc) is 3.35. The van der Waals surface area contributed by atoms with E-state index in [9.17, 15) is 4.79 Å². The number of hydrogen-bond acceptors (Lipinski definition) is 8. The van der Waals surface area contributed by atoms with Crippen LogP contribution in [0.2, 0.25) is 0 Å². The van der Waals surface area contributed by atoms with E-state index in [0.717, 1.165) is 0 Å². The number of methoxy groups -OCH3 is 1. The molecule has 11 nitrogen and oxygen atoms in total. The van der Waals surface area contributed by atoms with E-state index in [1.165, 1.54) is 7.11 Å². The van der Waals surface area contributed by atoms with E-state index >= 15 is 0 Å². The Labute approximate surface area is 175 Å². The van der Waals surface area contributed by atoms with Crippen molar-refractivity contribution in [3.05, 3.63) is 53.1 Å². The van der Waals surface area contributed by atoms with Crippen molar-refractivity contribution in [2.75, 3.05) is 12.4 Å². The zero-order chi connectivity index (χ0) is 21.5. The fraction of sp³-hybridized carbons (Fsp3) is 0.200. The van der Waals surface area contributed by atoms with Gasteiger partial charge in [0.05, 0.1) is 41.6 Å². The topological polar surface area (TPSA) is 139 Å². The minimum absolute atomic E-state index is 0.280. The van der Waals surface area contributed by atoms with Crippen LogP contribution in [0, 0.1) is 0 Å². The van der Waals surface area contributed by atoms with Crippen LogP contribution >= 0.6 is 0 Å². The molecule has 5 heterocycles. The number of imidazole rings is 1. The molecule has 0 fully saturated rings. The van der Waals surface area contributed by atoms with Crippen molar-refractivity contribution in [2.24, 2.45) is 7.05 Å². The van der Waals surface area contributed by atoms with Crippen LogP contribution in [-0.2, 0) is 7.05 Å². The minimum Gasteiger partial charge on any atom is -0.481 e. The molecule has 5 aromatic rings. The predicted molar refractivity (Wildman–Crippen MR) is 115 cm³/mol. The highest BCUT2D eigenvalue weighted by Crippen LogP contribution is 2.32. The van der Waals surface area contributed by atoms with Crippen molar-refractivity contribution in [3.63, 3.8) is 0 Å². The van der Waals surface area contributed by atoms with Gasteiger partial charge in [0.25, 0.3) is 5.56 Å². The SMILES string of the molecule is COc1cc2nc(-c3c(N[C@@H](C)c4ncccn4)c4nn(C)cc4[nH]c3=O)[nH]c2cn1. The molecule has 5 rings (SSSR count). The maximum atomic E-state index is 13.1. The number of aryl methyl sites for hydroxylation is 1. The number of hydrogen-bond donors (Lipinski definition) is 3. The third-order valence-electron chi connectivity index (χ3n) is 4.91. The lowest BCUT2D eigenvalue weighted by molar-refractivity contribution is 0.398. The molecule has 0 unspecified atom stereocenters. The maximum Gasteiger partial charge on any atom is 0.261 e. The summed E-state index contributed by atoms with van der Waals surface area (Å²) in [6.07, 6.45) is 6.72. The third-order valence-corrected chi connectivity index (χ3v) is 4.91. The number of rotatable bonds is 5. The minimum atomic E-state index is -0.303. The molecule has 31 heavy (non-hydrogen) atoms. The van der Waals surface area contributed by atoms with E-state index in [1.807, 2.05) is 6.92 Å². The van der Waals surface area contributed by atoms with Gasteiger partial charge in [-0.25, -0.2) is 19.9 Å². The lowest BCUT2D eigenvalue weighted by Crippen LogP contribution is -2.17. The molecule has 156 valence electrons. The van der Waals surface area contributed by atoms with Gasteiger partial charge in [-0.1, -0.05) is 0 Å². The average molecular weight is 417 g/mol. The Kier molecular flexibility index (Phi) is 4.35. The van der Waals surface area contributed by atoms with Crippen LogP contribution in [0.5, 0.6) is 5.88 Å². The summed E-state index contributed by atoms with van der Waals surface area (Å²) in [6, 6.07) is 3.18. The van der Waals surface area contributed by atoms with Crippen LogP contribution in [0.1, 0.15) is 18.8 Å². The largest absolute Gasteiger partial charge is 0.481 e. The van der Waals surface area contributed by atoms with Gasteiger partial charge in [0.2, 0.25) is 5.88 Å². The van der Waals surface area contributed by atoms with Gasteiger partial charge in [0.1, 0.15) is 22.7 Å². The van der Waals surface area contributed by atoms with Crippen molar-refractivity contribution in [1.29, 1.82) is 0 Å². The van der Waals surface area contributed by atoms with E-state index in [-0.39, 0.29) is 11.6 Å². The first-order chi connectivity index (χ1) is 15.0. The van der Waals surface area contributed by atoms with Crippen molar-refractivity contribution in [1.82, 2.24) is 39.7 Å². The number of fused-ring (bicyclic) bond motifs is 2. The molecule has 1 atom stereocenters. The van der Waals surface area contributed by atoms with Gasteiger partial charge in [0.15, 0.2) is 0 Å². The Balaban J connectivity index is 1.71. The second-order valence-electron chi connectivity index (χ2n) is 7.07. The van der Waals surface area contributed by atoms with Gasteiger partial charge < -0.3 is 20.0 Å². The van der Waals surface area contributed by atoms with Crippen molar-refractivity contribution >= 4 is 27.8 Å². The van der Waals surface area contributed by atoms with E-state index in [4.69, 9.17) is 4.74 Å². The molecule has 0 saturated heterocycles. The number of pyridine rings is 2. The highest BCUT2D eigenvalue weighted by molar-refractivity contribution is 5.96. The molecule has 0 aliphatic heterocycles. The summed E-state index contributed by atoms with van der Waals surface area (Å²) in [4.78, 5) is 36.6. The third kappa shape index (κ3) is 3.25. The molecule has 0 aromatic carbocycles.